The highest BCUT2D eigenvalue weighted by molar-refractivity contribution is 5.35. The SMILES string of the molecule is CC1NC=CC2=C1N(CCO)C(C1CCC(F)(F)C1)N2. The van der Waals surface area contributed by atoms with E-state index in [9.17, 15) is 13.9 Å². The van der Waals surface area contributed by atoms with Gasteiger partial charge in [-0.15, -0.1) is 0 Å². The molecule has 2 aliphatic heterocycles. The van der Waals surface area contributed by atoms with Gasteiger partial charge in [-0.25, -0.2) is 8.78 Å². The third-order valence-electron chi connectivity index (χ3n) is 4.46. The van der Waals surface area contributed by atoms with Crippen molar-refractivity contribution < 1.29 is 13.9 Å². The summed E-state index contributed by atoms with van der Waals surface area (Å²) >= 11 is 0. The summed E-state index contributed by atoms with van der Waals surface area (Å²) in [6.07, 6.45) is 4.10. The zero-order chi connectivity index (χ0) is 14.3. The number of dihydropyridines is 1. The standard InChI is InChI=1S/C14H21F2N3O/c1-9-12-11(3-5-17-9)18-13(19(12)6-7-20)10-2-4-14(15,16)8-10/h3,5,9-10,13,17-18,20H,2,4,6-8H2,1H3. The van der Waals surface area contributed by atoms with Crippen molar-refractivity contribution in [1.82, 2.24) is 15.5 Å². The van der Waals surface area contributed by atoms with E-state index >= 15 is 0 Å². The number of β-amino-alcohol motifs (C(OH)–C–C–N with tert-alkyl or cyclic N) is 1. The van der Waals surface area contributed by atoms with Crippen molar-refractivity contribution in [3.63, 3.8) is 0 Å². The van der Waals surface area contributed by atoms with Gasteiger partial charge in [0.2, 0.25) is 5.92 Å². The van der Waals surface area contributed by atoms with Gasteiger partial charge < -0.3 is 20.6 Å². The predicted octanol–water partition coefficient (Wildman–Crippen LogP) is 1.36. The van der Waals surface area contributed by atoms with Crippen molar-refractivity contribution in [3.8, 4) is 0 Å². The van der Waals surface area contributed by atoms with E-state index in [0.717, 1.165) is 11.4 Å². The number of allylic oxidation sites excluding steroid dienone is 1. The van der Waals surface area contributed by atoms with E-state index in [1.165, 1.54) is 0 Å². The molecule has 1 fully saturated rings. The Kier molecular flexibility index (Phi) is 3.36. The van der Waals surface area contributed by atoms with Gasteiger partial charge in [0.1, 0.15) is 6.17 Å². The molecule has 3 aliphatic rings. The molecule has 1 saturated carbocycles. The molecule has 3 N–H and O–H groups in total. The smallest absolute Gasteiger partial charge is 0.248 e. The second-order valence-corrected chi connectivity index (χ2v) is 5.89. The Labute approximate surface area is 117 Å². The van der Waals surface area contributed by atoms with Crippen molar-refractivity contribution >= 4 is 0 Å². The van der Waals surface area contributed by atoms with Crippen molar-refractivity contribution in [2.75, 3.05) is 13.2 Å². The zero-order valence-electron chi connectivity index (χ0n) is 11.6. The summed E-state index contributed by atoms with van der Waals surface area (Å²) in [6, 6.07) is 0.126. The van der Waals surface area contributed by atoms with Gasteiger partial charge in [-0.2, -0.15) is 0 Å². The van der Waals surface area contributed by atoms with E-state index in [2.05, 4.69) is 15.5 Å². The number of aliphatic hydroxyl groups excluding tert-OH is 1. The number of hydrogen-bond donors (Lipinski definition) is 3. The Balaban J connectivity index is 1.82. The molecule has 0 radical (unpaired) electrons. The lowest BCUT2D eigenvalue weighted by molar-refractivity contribution is -0.000203. The number of halogens is 2. The fraction of sp³-hybridized carbons (Fsp3) is 0.714. The lowest BCUT2D eigenvalue weighted by Gasteiger charge is -2.34. The topological polar surface area (TPSA) is 47.5 Å². The van der Waals surface area contributed by atoms with Gasteiger partial charge in [0.25, 0.3) is 0 Å². The highest BCUT2D eigenvalue weighted by Crippen LogP contribution is 2.43. The first-order chi connectivity index (χ1) is 9.52. The molecule has 6 heteroatoms. The van der Waals surface area contributed by atoms with Crippen LogP contribution in [0.2, 0.25) is 0 Å². The average Bonchev–Trinajstić information content (AvgIpc) is 2.92. The van der Waals surface area contributed by atoms with Gasteiger partial charge in [0.05, 0.1) is 24.0 Å². The van der Waals surface area contributed by atoms with Crippen molar-refractivity contribution in [2.45, 2.75) is 44.3 Å². The third-order valence-corrected chi connectivity index (χ3v) is 4.46. The number of nitrogens with zero attached hydrogens (tertiary/aromatic N) is 1. The van der Waals surface area contributed by atoms with Crippen LogP contribution >= 0.6 is 0 Å². The maximum absolute atomic E-state index is 13.5. The number of alkyl halides is 2. The number of nitrogens with one attached hydrogen (secondary N) is 2. The highest BCUT2D eigenvalue weighted by Gasteiger charge is 2.47. The summed E-state index contributed by atoms with van der Waals surface area (Å²) in [5, 5.41) is 15.9. The Morgan fingerprint density at radius 3 is 2.95 bits per heavy atom. The molecule has 3 atom stereocenters. The Morgan fingerprint density at radius 1 is 1.50 bits per heavy atom. The lowest BCUT2D eigenvalue weighted by Crippen LogP contribution is -2.46. The summed E-state index contributed by atoms with van der Waals surface area (Å²) in [6.45, 7) is 2.53. The normalized spacial score (nSPS) is 35.0. The van der Waals surface area contributed by atoms with E-state index in [4.69, 9.17) is 0 Å². The average molecular weight is 285 g/mol. The molecule has 20 heavy (non-hydrogen) atoms. The van der Waals surface area contributed by atoms with Crippen LogP contribution < -0.4 is 10.6 Å². The monoisotopic (exact) mass is 285 g/mol. The van der Waals surface area contributed by atoms with Crippen LogP contribution in [0.25, 0.3) is 0 Å². The third kappa shape index (κ3) is 2.26. The molecule has 0 aromatic heterocycles. The summed E-state index contributed by atoms with van der Waals surface area (Å²) in [5.41, 5.74) is 2.06. The summed E-state index contributed by atoms with van der Waals surface area (Å²) in [4.78, 5) is 2.06. The summed E-state index contributed by atoms with van der Waals surface area (Å²) in [7, 11) is 0. The Morgan fingerprint density at radius 2 is 2.30 bits per heavy atom. The Bertz CT molecular complexity index is 450. The number of hydrogen-bond acceptors (Lipinski definition) is 4. The van der Waals surface area contributed by atoms with Crippen LogP contribution in [0.5, 0.6) is 0 Å². The first kappa shape index (κ1) is 13.7. The fourth-order valence-corrected chi connectivity index (χ4v) is 3.58. The minimum atomic E-state index is -2.54. The van der Waals surface area contributed by atoms with E-state index in [-0.39, 0.29) is 37.6 Å². The van der Waals surface area contributed by atoms with Gasteiger partial charge >= 0.3 is 0 Å². The van der Waals surface area contributed by atoms with Crippen molar-refractivity contribution in [2.24, 2.45) is 5.92 Å². The largest absolute Gasteiger partial charge is 0.395 e. The fourth-order valence-electron chi connectivity index (χ4n) is 3.58. The molecule has 4 nitrogen and oxygen atoms in total. The van der Waals surface area contributed by atoms with E-state index in [1.807, 2.05) is 19.2 Å². The predicted molar refractivity (Wildman–Crippen MR) is 71.8 cm³/mol. The van der Waals surface area contributed by atoms with E-state index in [1.54, 1.807) is 0 Å². The molecule has 112 valence electrons. The van der Waals surface area contributed by atoms with Crippen molar-refractivity contribution in [1.29, 1.82) is 0 Å². The minimum Gasteiger partial charge on any atom is -0.395 e. The first-order valence-corrected chi connectivity index (χ1v) is 7.20. The number of aliphatic hydroxyl groups is 1. The van der Waals surface area contributed by atoms with Gasteiger partial charge in [-0.1, -0.05) is 0 Å². The van der Waals surface area contributed by atoms with Gasteiger partial charge in [0, 0.05) is 25.3 Å². The molecule has 3 rings (SSSR count). The lowest BCUT2D eigenvalue weighted by atomic mass is 10.0. The van der Waals surface area contributed by atoms with Crippen LogP contribution in [0.1, 0.15) is 26.2 Å². The van der Waals surface area contributed by atoms with E-state index < -0.39 is 5.92 Å². The molecule has 0 bridgehead atoms. The van der Waals surface area contributed by atoms with Gasteiger partial charge in [-0.05, 0) is 25.6 Å². The maximum atomic E-state index is 13.5. The minimum absolute atomic E-state index is 0.0223. The molecule has 1 aliphatic carbocycles. The molecular formula is C14H21F2N3O. The van der Waals surface area contributed by atoms with Gasteiger partial charge in [0.15, 0.2) is 0 Å². The molecule has 2 heterocycles. The summed E-state index contributed by atoms with van der Waals surface area (Å²) < 4.78 is 26.9. The number of rotatable bonds is 3. The molecule has 0 saturated heterocycles. The molecule has 0 spiro atoms. The van der Waals surface area contributed by atoms with Crippen LogP contribution in [-0.4, -0.2) is 41.3 Å². The van der Waals surface area contributed by atoms with Crippen LogP contribution in [-0.2, 0) is 0 Å². The zero-order valence-corrected chi connectivity index (χ0v) is 11.6. The van der Waals surface area contributed by atoms with Crippen LogP contribution in [0.3, 0.4) is 0 Å². The molecule has 3 unspecified atom stereocenters. The highest BCUT2D eigenvalue weighted by atomic mass is 19.3. The van der Waals surface area contributed by atoms with E-state index in [0.29, 0.717) is 13.0 Å². The second kappa shape index (κ2) is 4.91. The van der Waals surface area contributed by atoms with Crippen LogP contribution in [0, 0.1) is 5.92 Å². The molecule has 0 amide bonds. The molecule has 0 aromatic carbocycles. The van der Waals surface area contributed by atoms with Crippen LogP contribution in [0.15, 0.2) is 23.7 Å². The van der Waals surface area contributed by atoms with Crippen molar-refractivity contribution in [3.05, 3.63) is 23.7 Å². The maximum Gasteiger partial charge on any atom is 0.248 e. The second-order valence-electron chi connectivity index (χ2n) is 5.89. The van der Waals surface area contributed by atoms with Crippen LogP contribution in [0.4, 0.5) is 8.78 Å². The Hall–Kier alpha value is -1.30. The molecule has 0 aromatic rings. The van der Waals surface area contributed by atoms with Gasteiger partial charge in [-0.3, -0.25) is 0 Å². The first-order valence-electron chi connectivity index (χ1n) is 7.20. The quantitative estimate of drug-likeness (QED) is 0.733. The summed E-state index contributed by atoms with van der Waals surface area (Å²) in [5.74, 6) is -2.62. The molecular weight excluding hydrogens is 264 g/mol.